The van der Waals surface area contributed by atoms with Crippen molar-refractivity contribution in [3.05, 3.63) is 28.4 Å². The molecule has 1 heterocycles. The molecule has 1 aromatic rings. The number of benzene rings is 1. The first-order chi connectivity index (χ1) is 14.2. The zero-order valence-corrected chi connectivity index (χ0v) is 25.2. The summed E-state index contributed by atoms with van der Waals surface area (Å²) in [5, 5.41) is 0. The summed E-state index contributed by atoms with van der Waals surface area (Å²) < 4.78 is 19.8. The van der Waals surface area contributed by atoms with Gasteiger partial charge in [0.05, 0.1) is 18.3 Å². The minimum Gasteiger partial charge on any atom is -0.458 e. The third-order valence-corrected chi connectivity index (χ3v) is 9.40. The van der Waals surface area contributed by atoms with Gasteiger partial charge in [0.15, 0.2) is 6.10 Å². The minimum absolute atomic E-state index is 0.00586. The predicted octanol–water partition coefficient (Wildman–Crippen LogP) is 5.26. The van der Waals surface area contributed by atoms with Crippen molar-refractivity contribution in [3.8, 4) is 0 Å². The molecule has 0 amide bonds. The van der Waals surface area contributed by atoms with E-state index in [1.807, 2.05) is 6.07 Å². The van der Waals surface area contributed by atoms with E-state index in [1.54, 1.807) is 6.07 Å². The fourth-order valence-corrected chi connectivity index (χ4v) is 6.32. The van der Waals surface area contributed by atoms with Gasteiger partial charge >= 0.3 is 11.9 Å². The van der Waals surface area contributed by atoms with Gasteiger partial charge in [-0.1, -0.05) is 0 Å². The van der Waals surface area contributed by atoms with Gasteiger partial charge in [-0.2, -0.15) is 0 Å². The maximum atomic E-state index is 12.7. The maximum absolute atomic E-state index is 12.7. The van der Waals surface area contributed by atoms with E-state index in [1.165, 1.54) is 6.92 Å². The summed E-state index contributed by atoms with van der Waals surface area (Å²) in [5.74, 6) is -0.855. The Balaban J connectivity index is 2.01. The molecule has 1 unspecified atom stereocenters. The zero-order valence-electron chi connectivity index (χ0n) is 18.8. The molecule has 1 aliphatic heterocycles. The molecular weight excluding hydrogens is 739 g/mol. The lowest BCUT2D eigenvalue weighted by Gasteiger charge is -2.53. The Morgan fingerprint density at radius 2 is 1.68 bits per heavy atom. The van der Waals surface area contributed by atoms with Crippen LogP contribution in [-0.4, -0.2) is 60.4 Å². The van der Waals surface area contributed by atoms with Crippen LogP contribution in [0.15, 0.2) is 12.1 Å². The molecule has 0 bridgehead atoms. The molecule has 174 valence electrons. The number of rotatable bonds is 7. The summed E-state index contributed by atoms with van der Waals surface area (Å²) in [5.41, 5.74) is 0.501. The number of carbonyl (C=O) groups is 2. The molecule has 31 heavy (non-hydrogen) atoms. The third-order valence-electron chi connectivity index (χ3n) is 5.73. The van der Waals surface area contributed by atoms with Crippen LogP contribution in [0.1, 0.15) is 57.8 Å². The van der Waals surface area contributed by atoms with Crippen molar-refractivity contribution in [2.45, 2.75) is 70.7 Å². The highest BCUT2D eigenvalue weighted by Gasteiger charge is 2.43. The van der Waals surface area contributed by atoms with Gasteiger partial charge in [-0.15, -0.1) is 0 Å². The van der Waals surface area contributed by atoms with E-state index in [4.69, 9.17) is 14.2 Å². The molecule has 0 spiro atoms. The Labute approximate surface area is 225 Å². The topological polar surface area (TPSA) is 65.1 Å². The van der Waals surface area contributed by atoms with Crippen LogP contribution in [0.25, 0.3) is 0 Å². The van der Waals surface area contributed by atoms with Crippen molar-refractivity contribution in [2.75, 3.05) is 20.3 Å². The van der Waals surface area contributed by atoms with Crippen molar-refractivity contribution in [1.82, 2.24) is 4.90 Å². The van der Waals surface area contributed by atoms with E-state index in [0.717, 1.165) is 23.6 Å². The molecule has 1 fully saturated rings. The second-order valence-corrected chi connectivity index (χ2v) is 12.6. The van der Waals surface area contributed by atoms with Gasteiger partial charge in [0.2, 0.25) is 0 Å². The van der Waals surface area contributed by atoms with Crippen LogP contribution < -0.4 is 0 Å². The van der Waals surface area contributed by atoms with E-state index in [0.29, 0.717) is 5.56 Å². The number of esters is 2. The van der Waals surface area contributed by atoms with E-state index < -0.39 is 18.0 Å². The van der Waals surface area contributed by atoms with Crippen molar-refractivity contribution < 1.29 is 23.8 Å². The summed E-state index contributed by atoms with van der Waals surface area (Å²) in [6.07, 6.45) is 1.14. The Hall–Kier alpha value is 0.270. The molecule has 1 atom stereocenters. The molecule has 1 saturated heterocycles. The first kappa shape index (κ1) is 27.5. The summed E-state index contributed by atoms with van der Waals surface area (Å²) in [4.78, 5) is 26.6. The van der Waals surface area contributed by atoms with Crippen LogP contribution in [0.3, 0.4) is 0 Å². The predicted molar refractivity (Wildman–Crippen MR) is 145 cm³/mol. The Bertz CT molecular complexity index is 810. The Kier molecular flexibility index (Phi) is 9.88. The Morgan fingerprint density at radius 3 is 2.23 bits per heavy atom. The monoisotopic (exact) mass is 769 g/mol. The highest BCUT2D eigenvalue weighted by molar-refractivity contribution is 14.1. The third kappa shape index (κ3) is 7.64. The summed E-state index contributed by atoms with van der Waals surface area (Å²) in [6.45, 7) is 10.3. The van der Waals surface area contributed by atoms with Crippen LogP contribution in [-0.2, 0) is 19.0 Å². The lowest BCUT2D eigenvalue weighted by molar-refractivity contribution is -0.158. The molecule has 9 heteroatoms. The molecule has 0 aliphatic carbocycles. The SMILES string of the molecule is CC(=O)OC(COC(=O)c1cc(I)cc(I)c1I)COC1CC(C)(C)N(C)C(C)(C)C1. The molecule has 0 radical (unpaired) electrons. The van der Waals surface area contributed by atoms with Gasteiger partial charge in [0.1, 0.15) is 6.61 Å². The second kappa shape index (κ2) is 11.1. The van der Waals surface area contributed by atoms with Crippen LogP contribution in [0.2, 0.25) is 0 Å². The lowest BCUT2D eigenvalue weighted by Crippen LogP contribution is -2.60. The van der Waals surface area contributed by atoms with Crippen molar-refractivity contribution in [3.63, 3.8) is 0 Å². The van der Waals surface area contributed by atoms with Gasteiger partial charge in [-0.3, -0.25) is 9.69 Å². The van der Waals surface area contributed by atoms with Crippen LogP contribution in [0.5, 0.6) is 0 Å². The molecule has 0 aromatic heterocycles. The normalized spacial score (nSPS) is 19.6. The quantitative estimate of drug-likeness (QED) is 0.215. The summed E-state index contributed by atoms with van der Waals surface area (Å²) in [7, 11) is 2.14. The first-order valence-corrected chi connectivity index (χ1v) is 13.3. The molecule has 2 rings (SSSR count). The molecular formula is C22H30I3NO5. The number of nitrogens with zero attached hydrogens (tertiary/aromatic N) is 1. The van der Waals surface area contributed by atoms with E-state index in [9.17, 15) is 9.59 Å². The lowest BCUT2D eigenvalue weighted by atomic mass is 9.79. The van der Waals surface area contributed by atoms with Crippen LogP contribution >= 0.6 is 67.8 Å². The number of likely N-dealkylation sites (tertiary alicyclic amines) is 1. The number of hydrogen-bond acceptors (Lipinski definition) is 6. The smallest absolute Gasteiger partial charge is 0.339 e. The Morgan fingerprint density at radius 1 is 1.10 bits per heavy atom. The first-order valence-electron chi connectivity index (χ1n) is 10.1. The summed E-state index contributed by atoms with van der Waals surface area (Å²) >= 11 is 6.52. The average molecular weight is 769 g/mol. The molecule has 1 aliphatic rings. The number of hydrogen-bond donors (Lipinski definition) is 0. The minimum atomic E-state index is -0.646. The molecule has 0 saturated carbocycles. The van der Waals surface area contributed by atoms with E-state index in [-0.39, 0.29) is 30.4 Å². The number of carbonyl (C=O) groups excluding carboxylic acids is 2. The van der Waals surface area contributed by atoms with Gasteiger partial charge in [-0.05, 0) is 127 Å². The summed E-state index contributed by atoms with van der Waals surface area (Å²) in [6, 6.07) is 3.80. The molecule has 0 N–H and O–H groups in total. The van der Waals surface area contributed by atoms with Crippen molar-refractivity contribution in [2.24, 2.45) is 0 Å². The average Bonchev–Trinajstić information content (AvgIpc) is 2.63. The molecule has 6 nitrogen and oxygen atoms in total. The highest BCUT2D eigenvalue weighted by atomic mass is 127. The fourth-order valence-electron chi connectivity index (χ4n) is 3.94. The largest absolute Gasteiger partial charge is 0.458 e. The van der Waals surface area contributed by atoms with E-state index in [2.05, 4.69) is 107 Å². The van der Waals surface area contributed by atoms with Gasteiger partial charge in [0, 0.05) is 28.7 Å². The fraction of sp³-hybridized carbons (Fsp3) is 0.636. The van der Waals surface area contributed by atoms with Gasteiger partial charge in [0.25, 0.3) is 0 Å². The number of piperidine rings is 1. The van der Waals surface area contributed by atoms with Gasteiger partial charge in [-0.25, -0.2) is 4.79 Å². The number of ether oxygens (including phenoxy) is 3. The van der Waals surface area contributed by atoms with Crippen molar-refractivity contribution >= 4 is 79.7 Å². The van der Waals surface area contributed by atoms with Crippen LogP contribution in [0, 0.1) is 10.7 Å². The molecule has 1 aromatic carbocycles. The van der Waals surface area contributed by atoms with Crippen LogP contribution in [0.4, 0.5) is 0 Å². The van der Waals surface area contributed by atoms with Gasteiger partial charge < -0.3 is 14.2 Å². The standard InChI is InChI=1S/C22H30I3NO5/c1-13(27)31-16(11-29-15-9-21(2,3)26(6)22(4,5)10-15)12-30-20(28)17-7-14(23)8-18(24)19(17)25/h7-8,15-16H,9-12H2,1-6H3. The zero-order chi connectivity index (χ0) is 23.6. The number of halogens is 3. The van der Waals surface area contributed by atoms with Crippen molar-refractivity contribution in [1.29, 1.82) is 0 Å². The highest BCUT2D eigenvalue weighted by Crippen LogP contribution is 2.38. The van der Waals surface area contributed by atoms with E-state index >= 15 is 0 Å². The maximum Gasteiger partial charge on any atom is 0.339 e. The second-order valence-electron chi connectivity index (χ2n) is 9.13.